The predicted molar refractivity (Wildman–Crippen MR) is 79.2 cm³/mol. The van der Waals surface area contributed by atoms with Gasteiger partial charge in [-0.2, -0.15) is 0 Å². The number of nitrogens with zero attached hydrogens (tertiary/aromatic N) is 4. The molecule has 0 unspecified atom stereocenters. The Bertz CT molecular complexity index is 610. The van der Waals surface area contributed by atoms with E-state index in [4.69, 9.17) is 16.0 Å². The molecule has 1 aliphatic rings. The summed E-state index contributed by atoms with van der Waals surface area (Å²) < 4.78 is 5.42. The molecule has 7 nitrogen and oxygen atoms in total. The minimum absolute atomic E-state index is 0.336. The van der Waals surface area contributed by atoms with Crippen molar-refractivity contribution < 1.29 is 4.42 Å². The molecule has 0 amide bonds. The van der Waals surface area contributed by atoms with Crippen LogP contribution in [0.2, 0.25) is 5.15 Å². The maximum atomic E-state index is 5.94. The average Bonchev–Trinajstić information content (AvgIpc) is 2.93. The first-order valence-corrected chi connectivity index (χ1v) is 7.38. The highest BCUT2D eigenvalue weighted by Gasteiger charge is 2.17. The molecule has 0 spiro atoms. The van der Waals surface area contributed by atoms with Crippen LogP contribution in [0.15, 0.2) is 10.5 Å². The van der Waals surface area contributed by atoms with Crippen molar-refractivity contribution in [3.8, 4) is 11.6 Å². The van der Waals surface area contributed by atoms with E-state index >= 15 is 0 Å². The summed E-state index contributed by atoms with van der Waals surface area (Å²) in [6.45, 7) is 4.74. The summed E-state index contributed by atoms with van der Waals surface area (Å²) in [6.07, 6.45) is 2.32. The Kier molecular flexibility index (Phi) is 4.31. The van der Waals surface area contributed by atoms with Crippen molar-refractivity contribution in [1.29, 1.82) is 0 Å². The lowest BCUT2D eigenvalue weighted by Crippen LogP contribution is -2.31. The molecule has 1 fully saturated rings. The SMILES string of the molecule is Cc1nnc(-c2nnc(Cl)cc2NCC2CCNCC2)o1. The van der Waals surface area contributed by atoms with Crippen LogP contribution in [0.4, 0.5) is 5.69 Å². The molecule has 3 heterocycles. The van der Waals surface area contributed by atoms with E-state index in [0.29, 0.717) is 28.5 Å². The molecule has 2 aromatic heterocycles. The fourth-order valence-corrected chi connectivity index (χ4v) is 2.54. The molecular formula is C13H17ClN6O. The number of piperidine rings is 1. The summed E-state index contributed by atoms with van der Waals surface area (Å²) in [5.41, 5.74) is 1.31. The maximum absolute atomic E-state index is 5.94. The van der Waals surface area contributed by atoms with Gasteiger partial charge in [-0.25, -0.2) is 0 Å². The number of anilines is 1. The van der Waals surface area contributed by atoms with Crippen molar-refractivity contribution >= 4 is 17.3 Å². The van der Waals surface area contributed by atoms with Gasteiger partial charge in [-0.1, -0.05) is 11.6 Å². The second-order valence-electron chi connectivity index (χ2n) is 5.13. The fraction of sp³-hybridized carbons (Fsp3) is 0.538. The standard InChI is InChI=1S/C13H17ClN6O/c1-8-17-20-13(21-8)12-10(6-11(14)18-19-12)16-7-9-2-4-15-5-3-9/h6,9,15H,2-5,7H2,1H3,(H,16,18). The van der Waals surface area contributed by atoms with Crippen molar-refractivity contribution in [1.82, 2.24) is 25.7 Å². The molecule has 2 N–H and O–H groups in total. The number of rotatable bonds is 4. The van der Waals surface area contributed by atoms with Crippen LogP contribution in [0.5, 0.6) is 0 Å². The van der Waals surface area contributed by atoms with Gasteiger partial charge < -0.3 is 15.1 Å². The highest BCUT2D eigenvalue weighted by atomic mass is 35.5. The van der Waals surface area contributed by atoms with E-state index < -0.39 is 0 Å². The van der Waals surface area contributed by atoms with Crippen molar-refractivity contribution in [2.24, 2.45) is 5.92 Å². The first-order chi connectivity index (χ1) is 10.2. The Morgan fingerprint density at radius 1 is 1.29 bits per heavy atom. The van der Waals surface area contributed by atoms with Crippen LogP contribution in [0.1, 0.15) is 18.7 Å². The lowest BCUT2D eigenvalue weighted by atomic mass is 9.98. The molecule has 2 aromatic rings. The summed E-state index contributed by atoms with van der Waals surface area (Å²) in [5, 5.41) is 22.8. The van der Waals surface area contributed by atoms with E-state index in [1.54, 1.807) is 13.0 Å². The van der Waals surface area contributed by atoms with Gasteiger partial charge in [0.15, 0.2) is 10.8 Å². The number of nitrogens with one attached hydrogen (secondary N) is 2. The van der Waals surface area contributed by atoms with Crippen LogP contribution in [0.3, 0.4) is 0 Å². The number of hydrogen-bond acceptors (Lipinski definition) is 7. The largest absolute Gasteiger partial charge is 0.419 e. The van der Waals surface area contributed by atoms with Crippen LogP contribution in [0, 0.1) is 12.8 Å². The van der Waals surface area contributed by atoms with Gasteiger partial charge >= 0.3 is 0 Å². The van der Waals surface area contributed by atoms with Crippen LogP contribution < -0.4 is 10.6 Å². The maximum Gasteiger partial charge on any atom is 0.270 e. The molecule has 0 aromatic carbocycles. The van der Waals surface area contributed by atoms with Gasteiger partial charge in [0.25, 0.3) is 5.89 Å². The van der Waals surface area contributed by atoms with Crippen molar-refractivity contribution in [2.45, 2.75) is 19.8 Å². The van der Waals surface area contributed by atoms with Gasteiger partial charge in [0.1, 0.15) is 0 Å². The Balaban J connectivity index is 1.78. The van der Waals surface area contributed by atoms with Crippen molar-refractivity contribution in [2.75, 3.05) is 25.0 Å². The monoisotopic (exact) mass is 308 g/mol. The van der Waals surface area contributed by atoms with Gasteiger partial charge in [0, 0.05) is 19.5 Å². The molecule has 0 radical (unpaired) electrons. The highest BCUT2D eigenvalue weighted by molar-refractivity contribution is 6.29. The predicted octanol–water partition coefficient (Wildman–Crippen LogP) is 1.90. The Morgan fingerprint density at radius 2 is 2.10 bits per heavy atom. The van der Waals surface area contributed by atoms with Gasteiger partial charge in [-0.05, 0) is 31.8 Å². The van der Waals surface area contributed by atoms with Gasteiger partial charge in [0.2, 0.25) is 5.89 Å². The molecule has 0 atom stereocenters. The normalized spacial score (nSPS) is 16.1. The Labute approximate surface area is 127 Å². The lowest BCUT2D eigenvalue weighted by molar-refractivity contribution is 0.390. The van der Waals surface area contributed by atoms with E-state index in [1.165, 1.54) is 0 Å². The summed E-state index contributed by atoms with van der Waals surface area (Å²) in [7, 11) is 0. The van der Waals surface area contributed by atoms with Crippen LogP contribution >= 0.6 is 11.6 Å². The highest BCUT2D eigenvalue weighted by Crippen LogP contribution is 2.26. The smallest absolute Gasteiger partial charge is 0.270 e. The number of hydrogen-bond donors (Lipinski definition) is 2. The molecule has 21 heavy (non-hydrogen) atoms. The van der Waals surface area contributed by atoms with Crippen molar-refractivity contribution in [3.05, 3.63) is 17.1 Å². The zero-order valence-electron chi connectivity index (χ0n) is 11.8. The molecule has 112 valence electrons. The van der Waals surface area contributed by atoms with E-state index in [9.17, 15) is 0 Å². The van der Waals surface area contributed by atoms with Crippen LogP contribution in [0.25, 0.3) is 11.6 Å². The van der Waals surface area contributed by atoms with E-state index in [2.05, 4.69) is 31.0 Å². The summed E-state index contributed by atoms with van der Waals surface area (Å²) >= 11 is 5.94. The zero-order chi connectivity index (χ0) is 14.7. The van der Waals surface area contributed by atoms with E-state index in [0.717, 1.165) is 38.2 Å². The Morgan fingerprint density at radius 3 is 2.81 bits per heavy atom. The van der Waals surface area contributed by atoms with Gasteiger partial charge in [0.05, 0.1) is 5.69 Å². The second kappa shape index (κ2) is 6.36. The number of halogens is 1. The summed E-state index contributed by atoms with van der Waals surface area (Å²) in [5.74, 6) is 1.48. The molecule has 3 rings (SSSR count). The Hall–Kier alpha value is -1.73. The molecule has 1 aliphatic heterocycles. The quantitative estimate of drug-likeness (QED) is 0.891. The second-order valence-corrected chi connectivity index (χ2v) is 5.52. The first-order valence-electron chi connectivity index (χ1n) is 7.00. The minimum Gasteiger partial charge on any atom is -0.419 e. The minimum atomic E-state index is 0.336. The van der Waals surface area contributed by atoms with Crippen LogP contribution in [-0.4, -0.2) is 40.0 Å². The number of aromatic nitrogens is 4. The zero-order valence-corrected chi connectivity index (χ0v) is 12.5. The van der Waals surface area contributed by atoms with Crippen LogP contribution in [-0.2, 0) is 0 Å². The molecule has 1 saturated heterocycles. The summed E-state index contributed by atoms with van der Waals surface area (Å²) in [6, 6.07) is 1.74. The third-order valence-corrected chi connectivity index (χ3v) is 3.72. The molecule has 0 aliphatic carbocycles. The van der Waals surface area contributed by atoms with E-state index in [-0.39, 0.29) is 0 Å². The first kappa shape index (κ1) is 14.2. The summed E-state index contributed by atoms with van der Waals surface area (Å²) in [4.78, 5) is 0. The van der Waals surface area contributed by atoms with Gasteiger partial charge in [-0.15, -0.1) is 20.4 Å². The van der Waals surface area contributed by atoms with Crippen molar-refractivity contribution in [3.63, 3.8) is 0 Å². The topological polar surface area (TPSA) is 88.8 Å². The third-order valence-electron chi connectivity index (χ3n) is 3.53. The molecule has 8 heteroatoms. The average molecular weight is 309 g/mol. The lowest BCUT2D eigenvalue weighted by Gasteiger charge is -2.23. The fourth-order valence-electron chi connectivity index (χ4n) is 2.39. The molecule has 0 saturated carbocycles. The molecular weight excluding hydrogens is 292 g/mol. The number of aryl methyl sites for hydroxylation is 1. The molecule has 0 bridgehead atoms. The third kappa shape index (κ3) is 3.48. The van der Waals surface area contributed by atoms with Gasteiger partial charge in [-0.3, -0.25) is 0 Å². The van der Waals surface area contributed by atoms with E-state index in [1.807, 2.05) is 0 Å².